The number of nitrogens with two attached hydrogens (primary N) is 1. The van der Waals surface area contributed by atoms with Crippen molar-refractivity contribution in [2.45, 2.75) is 25.9 Å². The lowest BCUT2D eigenvalue weighted by Crippen LogP contribution is -2.27. The second-order valence-electron chi connectivity index (χ2n) is 2.68. The van der Waals surface area contributed by atoms with Crippen LogP contribution in [0.4, 0.5) is 0 Å². The standard InChI is InChI=1S/C8H13NO5/c1-5(10)14-6(3-7(9)11)4-8(12)13-2/h6H,3-4H2,1-2H3,(H2,9,11)/t6-/m1/s1. The maximum Gasteiger partial charge on any atom is 0.309 e. The van der Waals surface area contributed by atoms with E-state index in [4.69, 9.17) is 10.5 Å². The Kier molecular flexibility index (Phi) is 5.28. The third-order valence-corrected chi connectivity index (χ3v) is 1.38. The molecule has 0 unspecified atom stereocenters. The zero-order valence-electron chi connectivity index (χ0n) is 8.11. The number of carbonyl (C=O) groups excluding carboxylic acids is 3. The molecule has 14 heavy (non-hydrogen) atoms. The van der Waals surface area contributed by atoms with E-state index in [0.717, 1.165) is 0 Å². The highest BCUT2D eigenvalue weighted by Crippen LogP contribution is 2.05. The molecule has 2 N–H and O–H groups in total. The summed E-state index contributed by atoms with van der Waals surface area (Å²) in [5.41, 5.74) is 4.90. The Morgan fingerprint density at radius 3 is 2.21 bits per heavy atom. The van der Waals surface area contributed by atoms with Crippen molar-refractivity contribution in [3.63, 3.8) is 0 Å². The van der Waals surface area contributed by atoms with Crippen molar-refractivity contribution in [1.82, 2.24) is 0 Å². The Balaban J connectivity index is 4.16. The molecule has 0 aromatic heterocycles. The van der Waals surface area contributed by atoms with Crippen molar-refractivity contribution in [3.8, 4) is 0 Å². The van der Waals surface area contributed by atoms with Gasteiger partial charge >= 0.3 is 11.9 Å². The number of esters is 2. The molecule has 0 bridgehead atoms. The van der Waals surface area contributed by atoms with Crippen molar-refractivity contribution < 1.29 is 23.9 Å². The van der Waals surface area contributed by atoms with E-state index < -0.39 is 23.9 Å². The van der Waals surface area contributed by atoms with Crippen molar-refractivity contribution in [3.05, 3.63) is 0 Å². The van der Waals surface area contributed by atoms with Gasteiger partial charge < -0.3 is 15.2 Å². The van der Waals surface area contributed by atoms with E-state index in [-0.39, 0.29) is 12.8 Å². The molecular formula is C8H13NO5. The lowest BCUT2D eigenvalue weighted by Gasteiger charge is -2.13. The molecule has 0 aromatic carbocycles. The van der Waals surface area contributed by atoms with Crippen LogP contribution in [0.5, 0.6) is 0 Å². The van der Waals surface area contributed by atoms with Gasteiger partial charge in [-0.15, -0.1) is 0 Å². The Labute approximate surface area is 81.3 Å². The summed E-state index contributed by atoms with van der Waals surface area (Å²) in [6.45, 7) is 1.19. The van der Waals surface area contributed by atoms with Crippen LogP contribution in [-0.2, 0) is 23.9 Å². The van der Waals surface area contributed by atoms with Crippen molar-refractivity contribution in [2.24, 2.45) is 5.73 Å². The topological polar surface area (TPSA) is 95.7 Å². The maximum atomic E-state index is 10.8. The number of methoxy groups -OCH3 is 1. The maximum absolute atomic E-state index is 10.8. The van der Waals surface area contributed by atoms with Gasteiger partial charge in [0.15, 0.2) is 0 Å². The Morgan fingerprint density at radius 2 is 1.86 bits per heavy atom. The fraction of sp³-hybridized carbons (Fsp3) is 0.625. The molecule has 0 spiro atoms. The number of primary amides is 1. The number of amides is 1. The van der Waals surface area contributed by atoms with Gasteiger partial charge in [0.2, 0.25) is 5.91 Å². The first kappa shape index (κ1) is 12.4. The Morgan fingerprint density at radius 1 is 1.29 bits per heavy atom. The number of ether oxygens (including phenoxy) is 2. The minimum atomic E-state index is -0.836. The van der Waals surface area contributed by atoms with Crippen LogP contribution in [0.3, 0.4) is 0 Å². The fourth-order valence-electron chi connectivity index (χ4n) is 0.884. The summed E-state index contributed by atoms with van der Waals surface area (Å²) in [6.07, 6.45) is -1.19. The summed E-state index contributed by atoms with van der Waals surface area (Å²) in [5, 5.41) is 0. The summed E-state index contributed by atoms with van der Waals surface area (Å²) in [7, 11) is 1.21. The van der Waals surface area contributed by atoms with Gasteiger partial charge in [-0.2, -0.15) is 0 Å². The van der Waals surface area contributed by atoms with Crippen LogP contribution >= 0.6 is 0 Å². The lowest BCUT2D eigenvalue weighted by molar-refractivity contribution is -0.152. The summed E-state index contributed by atoms with van der Waals surface area (Å²) >= 11 is 0. The summed E-state index contributed by atoms with van der Waals surface area (Å²) in [5.74, 6) is -1.77. The first-order chi connectivity index (χ1) is 6.45. The summed E-state index contributed by atoms with van der Waals surface area (Å²) in [6, 6.07) is 0. The molecule has 0 saturated carbocycles. The second-order valence-corrected chi connectivity index (χ2v) is 2.68. The van der Waals surface area contributed by atoms with Gasteiger partial charge in [0.25, 0.3) is 0 Å². The largest absolute Gasteiger partial charge is 0.469 e. The quantitative estimate of drug-likeness (QED) is 0.599. The lowest BCUT2D eigenvalue weighted by atomic mass is 10.2. The molecule has 0 saturated heterocycles. The molecule has 1 amide bonds. The van der Waals surface area contributed by atoms with E-state index in [1.807, 2.05) is 0 Å². The molecule has 0 aromatic rings. The molecule has 80 valence electrons. The van der Waals surface area contributed by atoms with E-state index in [9.17, 15) is 14.4 Å². The van der Waals surface area contributed by atoms with E-state index >= 15 is 0 Å². The molecule has 1 atom stereocenters. The summed E-state index contributed by atoms with van der Waals surface area (Å²) < 4.78 is 9.05. The van der Waals surface area contributed by atoms with E-state index in [1.165, 1.54) is 14.0 Å². The van der Waals surface area contributed by atoms with Crippen LogP contribution in [0.2, 0.25) is 0 Å². The van der Waals surface area contributed by atoms with Crippen LogP contribution in [-0.4, -0.2) is 31.1 Å². The second kappa shape index (κ2) is 5.95. The molecule has 0 aliphatic carbocycles. The Bertz CT molecular complexity index is 222. The highest BCUT2D eigenvalue weighted by Gasteiger charge is 2.19. The fourth-order valence-corrected chi connectivity index (χ4v) is 0.884. The predicted molar refractivity (Wildman–Crippen MR) is 46.0 cm³/mol. The number of carbonyl (C=O) groups is 3. The minimum Gasteiger partial charge on any atom is -0.469 e. The Hall–Kier alpha value is -1.59. The van der Waals surface area contributed by atoms with Crippen molar-refractivity contribution in [1.29, 1.82) is 0 Å². The zero-order chi connectivity index (χ0) is 11.1. The third kappa shape index (κ3) is 5.99. The van der Waals surface area contributed by atoms with Gasteiger partial charge in [-0.25, -0.2) is 0 Å². The average Bonchev–Trinajstić information content (AvgIpc) is 2.01. The first-order valence-corrected chi connectivity index (χ1v) is 3.98. The predicted octanol–water partition coefficient (Wildman–Crippen LogP) is -0.643. The molecule has 0 rings (SSSR count). The highest BCUT2D eigenvalue weighted by atomic mass is 16.6. The van der Waals surface area contributed by atoms with Gasteiger partial charge in [-0.3, -0.25) is 14.4 Å². The van der Waals surface area contributed by atoms with Crippen LogP contribution < -0.4 is 5.73 Å². The van der Waals surface area contributed by atoms with Crippen LogP contribution in [0.25, 0.3) is 0 Å². The smallest absolute Gasteiger partial charge is 0.309 e. The van der Waals surface area contributed by atoms with Crippen molar-refractivity contribution >= 4 is 17.8 Å². The van der Waals surface area contributed by atoms with Crippen LogP contribution in [0.1, 0.15) is 19.8 Å². The SMILES string of the molecule is COC(=O)C[C@@H](CC(N)=O)OC(C)=O. The zero-order valence-corrected chi connectivity index (χ0v) is 8.11. The normalized spacial score (nSPS) is 11.6. The van der Waals surface area contributed by atoms with Crippen LogP contribution in [0.15, 0.2) is 0 Å². The van der Waals surface area contributed by atoms with Crippen LogP contribution in [0, 0.1) is 0 Å². The van der Waals surface area contributed by atoms with E-state index in [2.05, 4.69) is 4.74 Å². The molecule has 0 aliphatic rings. The number of hydrogen-bond donors (Lipinski definition) is 1. The van der Waals surface area contributed by atoms with E-state index in [1.54, 1.807) is 0 Å². The molecule has 6 nitrogen and oxygen atoms in total. The molecule has 0 aliphatic heterocycles. The van der Waals surface area contributed by atoms with Gasteiger partial charge in [0.1, 0.15) is 6.10 Å². The summed E-state index contributed by atoms with van der Waals surface area (Å²) in [4.78, 5) is 31.9. The van der Waals surface area contributed by atoms with Gasteiger partial charge in [-0.1, -0.05) is 0 Å². The number of rotatable bonds is 5. The first-order valence-electron chi connectivity index (χ1n) is 3.98. The number of hydrogen-bond acceptors (Lipinski definition) is 5. The monoisotopic (exact) mass is 203 g/mol. The van der Waals surface area contributed by atoms with Gasteiger partial charge in [-0.05, 0) is 0 Å². The minimum absolute atomic E-state index is 0.168. The van der Waals surface area contributed by atoms with Gasteiger partial charge in [0, 0.05) is 6.92 Å². The van der Waals surface area contributed by atoms with Crippen molar-refractivity contribution in [2.75, 3.05) is 7.11 Å². The molecule has 0 radical (unpaired) electrons. The van der Waals surface area contributed by atoms with Gasteiger partial charge in [0.05, 0.1) is 20.0 Å². The molecule has 0 heterocycles. The molecule has 0 fully saturated rings. The molecule has 6 heteroatoms. The average molecular weight is 203 g/mol. The third-order valence-electron chi connectivity index (χ3n) is 1.38. The molecular weight excluding hydrogens is 190 g/mol. The highest BCUT2D eigenvalue weighted by molar-refractivity contribution is 5.77. The van der Waals surface area contributed by atoms with E-state index in [0.29, 0.717) is 0 Å².